The van der Waals surface area contributed by atoms with Gasteiger partial charge in [-0.3, -0.25) is 0 Å². The molecule has 3 aliphatic rings. The first-order valence-corrected chi connectivity index (χ1v) is 11.4. The van der Waals surface area contributed by atoms with Crippen LogP contribution in [0.3, 0.4) is 0 Å². The van der Waals surface area contributed by atoms with Crippen LogP contribution in [0, 0.1) is 35.5 Å². The highest BCUT2D eigenvalue weighted by Gasteiger charge is 2.35. The smallest absolute Gasteiger partial charge is 0.0231 e. The van der Waals surface area contributed by atoms with Crippen molar-refractivity contribution < 1.29 is 0 Å². The maximum absolute atomic E-state index is 2.48. The van der Waals surface area contributed by atoms with Crippen LogP contribution in [-0.2, 0) is 0 Å². The van der Waals surface area contributed by atoms with Crippen molar-refractivity contribution in [3.63, 3.8) is 0 Å². The lowest BCUT2D eigenvalue weighted by atomic mass is 9.64. The fourth-order valence-electron chi connectivity index (χ4n) is 6.42. The molecule has 3 aliphatic carbocycles. The number of hydrogen-bond acceptors (Lipinski definition) is 0. The van der Waals surface area contributed by atoms with Gasteiger partial charge in [-0.1, -0.05) is 76.9 Å². The van der Waals surface area contributed by atoms with Crippen molar-refractivity contribution in [3.05, 3.63) is 12.2 Å². The van der Waals surface area contributed by atoms with Gasteiger partial charge in [-0.15, -0.1) is 0 Å². The van der Waals surface area contributed by atoms with Crippen molar-refractivity contribution in [1.29, 1.82) is 0 Å². The Hall–Kier alpha value is -0.260. The Labute approximate surface area is 151 Å². The fourth-order valence-corrected chi connectivity index (χ4v) is 6.42. The molecule has 3 fully saturated rings. The van der Waals surface area contributed by atoms with Crippen LogP contribution in [0.5, 0.6) is 0 Å². The third-order valence-corrected chi connectivity index (χ3v) is 7.87. The van der Waals surface area contributed by atoms with Gasteiger partial charge < -0.3 is 0 Å². The number of hydrogen-bond donors (Lipinski definition) is 0. The number of rotatable bonds is 6. The van der Waals surface area contributed by atoms with Crippen molar-refractivity contribution in [3.8, 4) is 0 Å². The van der Waals surface area contributed by atoms with E-state index in [-0.39, 0.29) is 0 Å². The predicted octanol–water partition coefficient (Wildman–Crippen LogP) is 7.78. The highest BCUT2D eigenvalue weighted by atomic mass is 14.4. The maximum Gasteiger partial charge on any atom is -0.0231 e. The fraction of sp³-hybridized carbons (Fsp3) is 0.917. The average Bonchev–Trinajstić information content (AvgIpc) is 2.61. The van der Waals surface area contributed by atoms with E-state index in [0.29, 0.717) is 0 Å². The zero-order chi connectivity index (χ0) is 16.8. The molecule has 4 atom stereocenters. The lowest BCUT2D eigenvalue weighted by molar-refractivity contribution is 0.102. The summed E-state index contributed by atoms with van der Waals surface area (Å²) in [7, 11) is 0. The van der Waals surface area contributed by atoms with Crippen LogP contribution < -0.4 is 0 Å². The molecule has 138 valence electrons. The minimum absolute atomic E-state index is 0.908. The third kappa shape index (κ3) is 5.12. The molecule has 3 rings (SSSR count). The Morgan fingerprint density at radius 1 is 0.667 bits per heavy atom. The van der Waals surface area contributed by atoms with Gasteiger partial charge in [-0.2, -0.15) is 0 Å². The number of allylic oxidation sites excluding steroid dienone is 2. The van der Waals surface area contributed by atoms with Gasteiger partial charge in [-0.25, -0.2) is 0 Å². The molecule has 4 unspecified atom stereocenters. The molecule has 0 nitrogen and oxygen atoms in total. The van der Waals surface area contributed by atoms with Crippen LogP contribution in [0.4, 0.5) is 0 Å². The summed E-state index contributed by atoms with van der Waals surface area (Å²) < 4.78 is 0. The molecule has 0 spiro atoms. The van der Waals surface area contributed by atoms with Gasteiger partial charge in [0.05, 0.1) is 0 Å². The Morgan fingerprint density at radius 3 is 1.96 bits per heavy atom. The maximum atomic E-state index is 2.48. The van der Waals surface area contributed by atoms with Crippen LogP contribution >= 0.6 is 0 Å². The van der Waals surface area contributed by atoms with Crippen molar-refractivity contribution in [1.82, 2.24) is 0 Å². The molecular weight excluding hydrogens is 288 g/mol. The van der Waals surface area contributed by atoms with Crippen LogP contribution in [0.2, 0.25) is 0 Å². The van der Waals surface area contributed by atoms with Crippen molar-refractivity contribution >= 4 is 0 Å². The molecule has 3 saturated carbocycles. The van der Waals surface area contributed by atoms with Crippen LogP contribution in [-0.4, -0.2) is 0 Å². The molecule has 0 aliphatic heterocycles. The molecule has 0 saturated heterocycles. The van der Waals surface area contributed by atoms with Gasteiger partial charge in [0, 0.05) is 0 Å². The summed E-state index contributed by atoms with van der Waals surface area (Å²) >= 11 is 0. The van der Waals surface area contributed by atoms with Crippen LogP contribution in [0.1, 0.15) is 104 Å². The molecule has 0 aromatic carbocycles. The first-order chi connectivity index (χ1) is 11.8. The molecule has 0 aromatic rings. The SMILES string of the molecule is C/C=C/C1CCC2CC(CCC3CCC(CCC)CC3)CCC2C1. The van der Waals surface area contributed by atoms with E-state index in [2.05, 4.69) is 26.0 Å². The molecule has 0 heteroatoms. The second kappa shape index (κ2) is 9.44. The summed E-state index contributed by atoms with van der Waals surface area (Å²) in [6, 6.07) is 0. The quantitative estimate of drug-likeness (QED) is 0.436. The van der Waals surface area contributed by atoms with Gasteiger partial charge >= 0.3 is 0 Å². The normalized spacial score (nSPS) is 40.6. The Balaban J connectivity index is 1.35. The van der Waals surface area contributed by atoms with Gasteiger partial charge in [-0.05, 0) is 74.5 Å². The third-order valence-electron chi connectivity index (χ3n) is 7.87. The molecule has 0 amide bonds. The first-order valence-electron chi connectivity index (χ1n) is 11.4. The van der Waals surface area contributed by atoms with E-state index in [4.69, 9.17) is 0 Å². The van der Waals surface area contributed by atoms with E-state index in [0.717, 1.165) is 35.5 Å². The summed E-state index contributed by atoms with van der Waals surface area (Å²) in [4.78, 5) is 0. The zero-order valence-electron chi connectivity index (χ0n) is 16.5. The zero-order valence-corrected chi connectivity index (χ0v) is 16.5. The van der Waals surface area contributed by atoms with E-state index in [1.807, 2.05) is 0 Å². The average molecular weight is 331 g/mol. The summed E-state index contributed by atoms with van der Waals surface area (Å²) in [5.74, 6) is 6.31. The molecule has 0 radical (unpaired) electrons. The molecule has 0 heterocycles. The van der Waals surface area contributed by atoms with E-state index < -0.39 is 0 Å². The van der Waals surface area contributed by atoms with Crippen LogP contribution in [0.25, 0.3) is 0 Å². The van der Waals surface area contributed by atoms with Gasteiger partial charge in [0.1, 0.15) is 0 Å². The predicted molar refractivity (Wildman–Crippen MR) is 106 cm³/mol. The number of fused-ring (bicyclic) bond motifs is 1. The summed E-state index contributed by atoms with van der Waals surface area (Å²) in [6.45, 7) is 4.55. The monoisotopic (exact) mass is 330 g/mol. The minimum Gasteiger partial charge on any atom is -0.0914 e. The summed E-state index contributed by atoms with van der Waals surface area (Å²) in [5.41, 5.74) is 0. The highest BCUT2D eigenvalue weighted by Crippen LogP contribution is 2.46. The van der Waals surface area contributed by atoms with E-state index in [1.54, 1.807) is 57.8 Å². The Bertz CT molecular complexity index is 373. The second-order valence-electron chi connectivity index (χ2n) is 9.55. The first kappa shape index (κ1) is 18.5. The lowest BCUT2D eigenvalue weighted by Crippen LogP contribution is -2.30. The lowest BCUT2D eigenvalue weighted by Gasteiger charge is -2.42. The van der Waals surface area contributed by atoms with Crippen molar-refractivity contribution in [2.75, 3.05) is 0 Å². The molecule has 0 aromatic heterocycles. The van der Waals surface area contributed by atoms with Gasteiger partial charge in [0.25, 0.3) is 0 Å². The highest BCUT2D eigenvalue weighted by molar-refractivity contribution is 4.94. The standard InChI is InChI=1S/C24H42/c1-3-5-19-7-9-20(10-8-19)11-12-22-14-16-23-17-21(6-4-2)13-15-24(23)18-22/h4,6,19-24H,3,5,7-18H2,1-2H3/b6-4+. The van der Waals surface area contributed by atoms with E-state index in [9.17, 15) is 0 Å². The van der Waals surface area contributed by atoms with Crippen molar-refractivity contribution in [2.45, 2.75) is 104 Å². The second-order valence-corrected chi connectivity index (χ2v) is 9.55. The molecular formula is C24H42. The summed E-state index contributed by atoms with van der Waals surface area (Å²) in [5, 5.41) is 0. The topological polar surface area (TPSA) is 0 Å². The van der Waals surface area contributed by atoms with Crippen molar-refractivity contribution in [2.24, 2.45) is 35.5 Å². The van der Waals surface area contributed by atoms with E-state index in [1.165, 1.54) is 32.1 Å². The Morgan fingerprint density at radius 2 is 1.25 bits per heavy atom. The molecule has 0 bridgehead atoms. The van der Waals surface area contributed by atoms with Gasteiger partial charge in [0.15, 0.2) is 0 Å². The minimum atomic E-state index is 0.908. The van der Waals surface area contributed by atoms with Crippen LogP contribution in [0.15, 0.2) is 12.2 Å². The molecule has 0 N–H and O–H groups in total. The largest absolute Gasteiger partial charge is 0.0914 e. The van der Waals surface area contributed by atoms with E-state index >= 15 is 0 Å². The van der Waals surface area contributed by atoms with Gasteiger partial charge in [0.2, 0.25) is 0 Å². The Kier molecular flexibility index (Phi) is 7.29. The molecule has 24 heavy (non-hydrogen) atoms. The summed E-state index contributed by atoms with van der Waals surface area (Å²) in [6.07, 6.45) is 26.1.